The van der Waals surface area contributed by atoms with Crippen molar-refractivity contribution >= 4 is 5.91 Å². The summed E-state index contributed by atoms with van der Waals surface area (Å²) in [5, 5.41) is 16.3. The first-order valence-electron chi connectivity index (χ1n) is 7.42. The number of carbonyl (C=O) groups is 1. The maximum absolute atomic E-state index is 12.6. The quantitative estimate of drug-likeness (QED) is 0.894. The Bertz CT molecular complexity index is 572. The number of amides is 1. The van der Waals surface area contributed by atoms with Crippen LogP contribution in [-0.4, -0.2) is 45.7 Å². The lowest BCUT2D eigenvalue weighted by Gasteiger charge is -2.40. The van der Waals surface area contributed by atoms with Crippen molar-refractivity contribution in [3.63, 3.8) is 0 Å². The molecule has 1 aliphatic carbocycles. The number of hydrogen-bond acceptors (Lipinski definition) is 5. The van der Waals surface area contributed by atoms with Gasteiger partial charge in [-0.25, -0.2) is 4.98 Å². The summed E-state index contributed by atoms with van der Waals surface area (Å²) in [6, 6.07) is 2.21. The van der Waals surface area contributed by atoms with Crippen LogP contribution in [0.15, 0.2) is 0 Å². The number of H-pyrrole nitrogens is 1. The Hall–Kier alpha value is -1.94. The average Bonchev–Trinajstić information content (AvgIpc) is 2.96. The van der Waals surface area contributed by atoms with E-state index in [9.17, 15) is 10.1 Å². The minimum absolute atomic E-state index is 0.0594. The van der Waals surface area contributed by atoms with Crippen LogP contribution in [0.2, 0.25) is 0 Å². The van der Waals surface area contributed by atoms with Gasteiger partial charge in [0.2, 0.25) is 5.91 Å². The molecule has 112 valence electrons. The van der Waals surface area contributed by atoms with Crippen molar-refractivity contribution in [3.05, 3.63) is 11.6 Å². The van der Waals surface area contributed by atoms with Gasteiger partial charge in [-0.15, -0.1) is 0 Å². The van der Waals surface area contributed by atoms with E-state index in [-0.39, 0.29) is 12.0 Å². The number of nitriles is 1. The fraction of sp³-hybridized carbons (Fsp3) is 0.714. The lowest BCUT2D eigenvalue weighted by molar-refractivity contribution is -0.151. The Morgan fingerprint density at radius 1 is 1.62 bits per heavy atom. The molecule has 1 aromatic rings. The molecular formula is C14H19N5O2. The zero-order chi connectivity index (χ0) is 14.9. The van der Waals surface area contributed by atoms with Crippen LogP contribution in [0.5, 0.6) is 0 Å². The minimum atomic E-state index is -0.796. The Kier molecular flexibility index (Phi) is 3.64. The van der Waals surface area contributed by atoms with Gasteiger partial charge in [0.15, 0.2) is 5.82 Å². The molecule has 0 radical (unpaired) electrons. The number of ether oxygens (including phenoxy) is 1. The van der Waals surface area contributed by atoms with Gasteiger partial charge in [0.1, 0.15) is 17.3 Å². The second-order valence-corrected chi connectivity index (χ2v) is 5.65. The van der Waals surface area contributed by atoms with E-state index >= 15 is 0 Å². The smallest absolute Gasteiger partial charge is 0.243 e. The molecule has 1 N–H and O–H groups in total. The van der Waals surface area contributed by atoms with Gasteiger partial charge >= 0.3 is 0 Å². The number of morpholine rings is 1. The summed E-state index contributed by atoms with van der Waals surface area (Å²) < 4.78 is 5.68. The van der Waals surface area contributed by atoms with Crippen LogP contribution in [0, 0.1) is 16.7 Å². The van der Waals surface area contributed by atoms with Gasteiger partial charge in [-0.3, -0.25) is 9.89 Å². The predicted molar refractivity (Wildman–Crippen MR) is 72.9 cm³/mol. The number of aryl methyl sites for hydroxylation is 1. The molecule has 1 unspecified atom stereocenters. The minimum Gasteiger partial charge on any atom is -0.366 e. The second kappa shape index (κ2) is 5.45. The van der Waals surface area contributed by atoms with Crippen LogP contribution in [0.25, 0.3) is 0 Å². The maximum Gasteiger partial charge on any atom is 0.243 e. The number of rotatable bonds is 3. The molecule has 0 aromatic carbocycles. The Labute approximate surface area is 123 Å². The van der Waals surface area contributed by atoms with Gasteiger partial charge in [-0.2, -0.15) is 10.4 Å². The van der Waals surface area contributed by atoms with Crippen molar-refractivity contribution in [2.24, 2.45) is 5.41 Å². The summed E-state index contributed by atoms with van der Waals surface area (Å²) in [7, 11) is 0. The Morgan fingerprint density at radius 3 is 3.00 bits per heavy atom. The Balaban J connectivity index is 1.71. The fourth-order valence-corrected chi connectivity index (χ4v) is 2.81. The molecule has 1 amide bonds. The van der Waals surface area contributed by atoms with Gasteiger partial charge in [0, 0.05) is 13.0 Å². The highest BCUT2D eigenvalue weighted by Crippen LogP contribution is 2.42. The molecule has 7 nitrogen and oxygen atoms in total. The molecule has 2 fully saturated rings. The number of hydrogen-bond donors (Lipinski definition) is 1. The van der Waals surface area contributed by atoms with Gasteiger partial charge < -0.3 is 9.64 Å². The van der Waals surface area contributed by atoms with Gasteiger partial charge in [0.25, 0.3) is 0 Å². The zero-order valence-electron chi connectivity index (χ0n) is 12.1. The number of aromatic amines is 1. The number of carbonyl (C=O) groups excluding carboxylic acids is 1. The van der Waals surface area contributed by atoms with Crippen molar-refractivity contribution in [2.45, 2.75) is 38.7 Å². The van der Waals surface area contributed by atoms with Crippen LogP contribution >= 0.6 is 0 Å². The normalized spacial score (nSPS) is 24.2. The van der Waals surface area contributed by atoms with Crippen LogP contribution in [0.4, 0.5) is 0 Å². The summed E-state index contributed by atoms with van der Waals surface area (Å²) in [6.45, 7) is 3.40. The monoisotopic (exact) mass is 289 g/mol. The van der Waals surface area contributed by atoms with E-state index in [4.69, 9.17) is 4.74 Å². The molecule has 1 saturated heterocycles. The van der Waals surface area contributed by atoms with Crippen LogP contribution in [-0.2, 0) is 16.0 Å². The molecule has 0 bridgehead atoms. The highest BCUT2D eigenvalue weighted by atomic mass is 16.5. The molecule has 21 heavy (non-hydrogen) atoms. The molecule has 1 aromatic heterocycles. The average molecular weight is 289 g/mol. The fourth-order valence-electron chi connectivity index (χ4n) is 2.81. The molecule has 7 heteroatoms. The van der Waals surface area contributed by atoms with Crippen molar-refractivity contribution in [2.75, 3.05) is 19.7 Å². The summed E-state index contributed by atoms with van der Waals surface area (Å²) >= 11 is 0. The van der Waals surface area contributed by atoms with E-state index in [1.165, 1.54) is 0 Å². The topological polar surface area (TPSA) is 94.9 Å². The molecule has 1 aliphatic heterocycles. The summed E-state index contributed by atoms with van der Waals surface area (Å²) in [5.74, 6) is 1.34. The van der Waals surface area contributed by atoms with Crippen molar-refractivity contribution in [3.8, 4) is 6.07 Å². The molecule has 3 rings (SSSR count). The third kappa shape index (κ3) is 2.40. The van der Waals surface area contributed by atoms with E-state index in [1.54, 1.807) is 4.90 Å². The highest BCUT2D eigenvalue weighted by molar-refractivity contribution is 5.86. The first-order chi connectivity index (χ1) is 10.2. The van der Waals surface area contributed by atoms with E-state index in [0.29, 0.717) is 38.4 Å². The van der Waals surface area contributed by atoms with Gasteiger partial charge in [-0.1, -0.05) is 6.92 Å². The lowest BCUT2D eigenvalue weighted by atomic mass is 9.69. The maximum atomic E-state index is 12.6. The second-order valence-electron chi connectivity index (χ2n) is 5.65. The Morgan fingerprint density at radius 2 is 2.43 bits per heavy atom. The highest BCUT2D eigenvalue weighted by Gasteiger charge is 2.47. The summed E-state index contributed by atoms with van der Waals surface area (Å²) in [6.07, 6.45) is 2.76. The first kappa shape index (κ1) is 14.0. The molecule has 2 aliphatic rings. The van der Waals surface area contributed by atoms with E-state index < -0.39 is 5.41 Å². The zero-order valence-corrected chi connectivity index (χ0v) is 12.1. The molecular weight excluding hydrogens is 270 g/mol. The van der Waals surface area contributed by atoms with E-state index in [2.05, 4.69) is 21.3 Å². The number of nitrogens with one attached hydrogen (secondary N) is 1. The lowest BCUT2D eigenvalue weighted by Crippen LogP contribution is -2.51. The van der Waals surface area contributed by atoms with Crippen LogP contribution in [0.3, 0.4) is 0 Å². The largest absolute Gasteiger partial charge is 0.366 e. The summed E-state index contributed by atoms with van der Waals surface area (Å²) in [5.41, 5.74) is -0.796. The van der Waals surface area contributed by atoms with E-state index in [0.717, 1.165) is 18.7 Å². The van der Waals surface area contributed by atoms with Crippen molar-refractivity contribution in [1.29, 1.82) is 5.26 Å². The van der Waals surface area contributed by atoms with Crippen LogP contribution in [0.1, 0.15) is 43.9 Å². The summed E-state index contributed by atoms with van der Waals surface area (Å²) in [4.78, 5) is 18.7. The van der Waals surface area contributed by atoms with Gasteiger partial charge in [0.05, 0.1) is 19.2 Å². The number of aromatic nitrogens is 3. The molecule has 0 spiro atoms. The van der Waals surface area contributed by atoms with Crippen LogP contribution < -0.4 is 0 Å². The van der Waals surface area contributed by atoms with Crippen molar-refractivity contribution in [1.82, 2.24) is 20.1 Å². The van der Waals surface area contributed by atoms with Gasteiger partial charge in [-0.05, 0) is 19.3 Å². The third-order valence-corrected chi connectivity index (χ3v) is 4.36. The number of nitrogens with zero attached hydrogens (tertiary/aromatic N) is 4. The van der Waals surface area contributed by atoms with Crippen molar-refractivity contribution < 1.29 is 9.53 Å². The molecule has 1 atom stereocenters. The SMILES string of the molecule is CCc1nc(C2CN(C(=O)C3(C#N)CCC3)CCO2)n[nH]1. The standard InChI is InChI=1S/C14H19N5O2/c1-2-11-16-12(18-17-11)10-8-19(6-7-21-10)13(20)14(9-15)4-3-5-14/h10H,2-8H2,1H3,(H,16,17,18). The third-order valence-electron chi connectivity index (χ3n) is 4.36. The predicted octanol–water partition coefficient (Wildman–Crippen LogP) is 0.961. The molecule has 1 saturated carbocycles. The first-order valence-corrected chi connectivity index (χ1v) is 7.42. The molecule has 2 heterocycles. The van der Waals surface area contributed by atoms with E-state index in [1.807, 2.05) is 6.92 Å².